The summed E-state index contributed by atoms with van der Waals surface area (Å²) in [6, 6.07) is 1.78. The quantitative estimate of drug-likeness (QED) is 0.857. The fourth-order valence-corrected chi connectivity index (χ4v) is 2.42. The van der Waals surface area contributed by atoms with Crippen LogP contribution < -0.4 is 15.8 Å². The third-order valence-electron chi connectivity index (χ3n) is 3.64. The maximum atomic E-state index is 5.62. The van der Waals surface area contributed by atoms with Gasteiger partial charge < -0.3 is 15.8 Å². The topological polar surface area (TPSA) is 73.1 Å². The third-order valence-corrected chi connectivity index (χ3v) is 3.64. The summed E-state index contributed by atoms with van der Waals surface area (Å²) >= 11 is 0. The number of hydrogen-bond acceptors (Lipinski definition) is 5. The predicted molar refractivity (Wildman–Crippen MR) is 72.6 cm³/mol. The van der Waals surface area contributed by atoms with Gasteiger partial charge in [0, 0.05) is 12.6 Å². The second-order valence-corrected chi connectivity index (χ2v) is 5.16. The van der Waals surface area contributed by atoms with Gasteiger partial charge in [-0.25, -0.2) is 0 Å². The first-order valence-electron chi connectivity index (χ1n) is 6.59. The van der Waals surface area contributed by atoms with E-state index in [2.05, 4.69) is 22.2 Å². The zero-order valence-corrected chi connectivity index (χ0v) is 11.1. The Morgan fingerprint density at radius 2 is 2.06 bits per heavy atom. The minimum atomic E-state index is 0.245. The van der Waals surface area contributed by atoms with Crippen LogP contribution in [0.15, 0.2) is 6.07 Å². The Morgan fingerprint density at radius 3 is 2.72 bits per heavy atom. The predicted octanol–water partition coefficient (Wildman–Crippen LogP) is 2.31. The van der Waals surface area contributed by atoms with E-state index in [9.17, 15) is 0 Å². The Morgan fingerprint density at radius 1 is 1.33 bits per heavy atom. The molecule has 1 fully saturated rings. The van der Waals surface area contributed by atoms with Crippen molar-refractivity contribution < 1.29 is 4.74 Å². The lowest BCUT2D eigenvalue weighted by Gasteiger charge is -2.26. The summed E-state index contributed by atoms with van der Waals surface area (Å²) in [4.78, 5) is 8.12. The van der Waals surface area contributed by atoms with Crippen molar-refractivity contribution in [1.29, 1.82) is 0 Å². The summed E-state index contributed by atoms with van der Waals surface area (Å²) in [7, 11) is 1.58. The number of methoxy groups -OCH3 is 1. The van der Waals surface area contributed by atoms with Crippen molar-refractivity contribution >= 4 is 11.8 Å². The fourth-order valence-electron chi connectivity index (χ4n) is 2.42. The van der Waals surface area contributed by atoms with Gasteiger partial charge in [0.2, 0.25) is 11.8 Å². The second-order valence-electron chi connectivity index (χ2n) is 5.16. The second kappa shape index (κ2) is 5.89. The lowest BCUT2D eigenvalue weighted by Crippen LogP contribution is -2.20. The summed E-state index contributed by atoms with van der Waals surface area (Å²) in [5.74, 6) is 3.12. The maximum absolute atomic E-state index is 5.62. The number of anilines is 2. The molecule has 0 radical (unpaired) electrons. The highest BCUT2D eigenvalue weighted by atomic mass is 16.5. The van der Waals surface area contributed by atoms with Crippen LogP contribution in [0.1, 0.15) is 32.6 Å². The first-order chi connectivity index (χ1) is 8.67. The van der Waals surface area contributed by atoms with Gasteiger partial charge in [-0.15, -0.1) is 0 Å². The molecule has 100 valence electrons. The van der Waals surface area contributed by atoms with Crippen molar-refractivity contribution in [2.45, 2.75) is 32.6 Å². The molecule has 0 aromatic carbocycles. The molecule has 0 bridgehead atoms. The first kappa shape index (κ1) is 12.9. The van der Waals surface area contributed by atoms with Crippen LogP contribution in [-0.4, -0.2) is 23.6 Å². The maximum Gasteiger partial charge on any atom is 0.225 e. The van der Waals surface area contributed by atoms with Crippen molar-refractivity contribution in [1.82, 2.24) is 9.97 Å². The number of nitrogens with one attached hydrogen (secondary N) is 1. The van der Waals surface area contributed by atoms with Gasteiger partial charge in [0.25, 0.3) is 0 Å². The zero-order valence-electron chi connectivity index (χ0n) is 11.1. The Balaban J connectivity index is 1.88. The molecule has 1 aliphatic carbocycles. The summed E-state index contributed by atoms with van der Waals surface area (Å²) in [6.07, 6.45) is 5.26. The molecule has 0 amide bonds. The van der Waals surface area contributed by atoms with Gasteiger partial charge in [0.15, 0.2) is 0 Å². The van der Waals surface area contributed by atoms with E-state index in [4.69, 9.17) is 10.5 Å². The van der Waals surface area contributed by atoms with E-state index >= 15 is 0 Å². The van der Waals surface area contributed by atoms with Gasteiger partial charge in [0.1, 0.15) is 5.82 Å². The van der Waals surface area contributed by atoms with Crippen LogP contribution in [0.5, 0.6) is 5.88 Å². The average molecular weight is 250 g/mol. The normalized spacial score (nSPS) is 23.7. The van der Waals surface area contributed by atoms with Gasteiger partial charge in [-0.1, -0.05) is 19.8 Å². The molecule has 1 aromatic heterocycles. The monoisotopic (exact) mass is 250 g/mol. The standard InChI is InChI=1S/C13H22N4O/c1-9-3-5-10(6-4-9)8-15-11-7-12(18-2)17-13(14)16-11/h7,9-10H,3-6,8H2,1-2H3,(H3,14,15,16,17). The largest absolute Gasteiger partial charge is 0.481 e. The molecular weight excluding hydrogens is 228 g/mol. The lowest BCUT2D eigenvalue weighted by atomic mass is 9.83. The van der Waals surface area contributed by atoms with Gasteiger partial charge in [0.05, 0.1) is 7.11 Å². The Hall–Kier alpha value is -1.52. The lowest BCUT2D eigenvalue weighted by molar-refractivity contribution is 0.300. The molecule has 0 aliphatic heterocycles. The van der Waals surface area contributed by atoms with Gasteiger partial charge in [-0.2, -0.15) is 9.97 Å². The van der Waals surface area contributed by atoms with Crippen LogP contribution in [0.2, 0.25) is 0 Å². The van der Waals surface area contributed by atoms with Crippen LogP contribution in [-0.2, 0) is 0 Å². The first-order valence-corrected chi connectivity index (χ1v) is 6.59. The van der Waals surface area contributed by atoms with Crippen molar-refractivity contribution in [3.05, 3.63) is 6.07 Å². The van der Waals surface area contributed by atoms with Crippen LogP contribution in [0.25, 0.3) is 0 Å². The third kappa shape index (κ3) is 3.48. The summed E-state index contributed by atoms with van der Waals surface area (Å²) in [5.41, 5.74) is 5.62. The number of aromatic nitrogens is 2. The molecule has 5 nitrogen and oxygen atoms in total. The number of hydrogen-bond donors (Lipinski definition) is 2. The van der Waals surface area contributed by atoms with E-state index in [0.717, 1.165) is 24.2 Å². The molecule has 1 aliphatic rings. The van der Waals surface area contributed by atoms with Crippen molar-refractivity contribution in [3.63, 3.8) is 0 Å². The van der Waals surface area contributed by atoms with Crippen LogP contribution in [0.3, 0.4) is 0 Å². The fraction of sp³-hybridized carbons (Fsp3) is 0.692. The van der Waals surface area contributed by atoms with E-state index in [1.54, 1.807) is 13.2 Å². The summed E-state index contributed by atoms with van der Waals surface area (Å²) < 4.78 is 5.07. The molecule has 2 rings (SSSR count). The van der Waals surface area contributed by atoms with E-state index in [-0.39, 0.29) is 5.95 Å². The Labute approximate surface area is 108 Å². The number of rotatable bonds is 4. The molecule has 18 heavy (non-hydrogen) atoms. The van der Waals surface area contributed by atoms with Crippen LogP contribution in [0.4, 0.5) is 11.8 Å². The highest BCUT2D eigenvalue weighted by molar-refractivity contribution is 5.42. The molecule has 3 N–H and O–H groups in total. The number of nitrogens with two attached hydrogens (primary N) is 1. The molecule has 1 heterocycles. The molecule has 1 saturated carbocycles. The number of nitrogen functional groups attached to an aromatic ring is 1. The Kier molecular flexibility index (Phi) is 4.23. The van der Waals surface area contributed by atoms with E-state index in [0.29, 0.717) is 5.88 Å². The SMILES string of the molecule is COc1cc(NCC2CCC(C)CC2)nc(N)n1. The molecule has 0 unspecified atom stereocenters. The highest BCUT2D eigenvalue weighted by Crippen LogP contribution is 2.28. The van der Waals surface area contributed by atoms with Gasteiger partial charge in [-0.3, -0.25) is 0 Å². The van der Waals surface area contributed by atoms with E-state index in [1.807, 2.05) is 0 Å². The minimum absolute atomic E-state index is 0.245. The van der Waals surface area contributed by atoms with E-state index < -0.39 is 0 Å². The minimum Gasteiger partial charge on any atom is -0.481 e. The van der Waals surface area contributed by atoms with Crippen LogP contribution in [0, 0.1) is 11.8 Å². The van der Waals surface area contributed by atoms with Gasteiger partial charge >= 0.3 is 0 Å². The molecule has 1 aromatic rings. The van der Waals surface area contributed by atoms with Gasteiger partial charge in [-0.05, 0) is 24.7 Å². The van der Waals surface area contributed by atoms with Crippen molar-refractivity contribution in [3.8, 4) is 5.88 Å². The number of nitrogens with zero attached hydrogens (tertiary/aromatic N) is 2. The molecule has 0 saturated heterocycles. The smallest absolute Gasteiger partial charge is 0.225 e. The molecule has 0 spiro atoms. The average Bonchev–Trinajstić information content (AvgIpc) is 2.37. The molecule has 5 heteroatoms. The molecular formula is C13H22N4O. The summed E-state index contributed by atoms with van der Waals surface area (Å²) in [5, 5.41) is 3.33. The summed E-state index contributed by atoms with van der Waals surface area (Å²) in [6.45, 7) is 3.28. The Bertz CT molecular complexity index is 389. The molecule has 0 atom stereocenters. The van der Waals surface area contributed by atoms with E-state index in [1.165, 1.54) is 25.7 Å². The zero-order chi connectivity index (χ0) is 13.0. The van der Waals surface area contributed by atoms with Crippen molar-refractivity contribution in [2.75, 3.05) is 24.7 Å². The highest BCUT2D eigenvalue weighted by Gasteiger charge is 2.18. The van der Waals surface area contributed by atoms with Crippen LogP contribution >= 0.6 is 0 Å². The van der Waals surface area contributed by atoms with Crippen molar-refractivity contribution in [2.24, 2.45) is 11.8 Å². The number of ether oxygens (including phenoxy) is 1.